The first-order chi connectivity index (χ1) is 6.74. The maximum Gasteiger partial charge on any atom is 0.0858 e. The van der Waals surface area contributed by atoms with Crippen molar-refractivity contribution >= 4 is 58.7 Å². The summed E-state index contributed by atoms with van der Waals surface area (Å²) in [5, 5.41) is 1.95. The van der Waals surface area contributed by atoms with Crippen molar-refractivity contribution in [3.05, 3.63) is 38.9 Å². The molecule has 0 N–H and O–H groups in total. The lowest BCUT2D eigenvalue weighted by Crippen LogP contribution is -1.87. The molecule has 2 aromatic rings. The summed E-state index contributed by atoms with van der Waals surface area (Å²) in [6, 6.07) is 6.09. The zero-order valence-electron chi connectivity index (χ0n) is 7.10. The van der Waals surface area contributed by atoms with Gasteiger partial charge in [0.15, 0.2) is 0 Å². The van der Waals surface area contributed by atoms with E-state index in [4.69, 9.17) is 0 Å². The van der Waals surface area contributed by atoms with E-state index in [1.54, 1.807) is 6.20 Å². The fraction of sp³-hybridized carbons (Fsp3) is 0.100. The molecule has 0 saturated carbocycles. The Morgan fingerprint density at radius 3 is 2.79 bits per heavy atom. The Kier molecular flexibility index (Phi) is 3.24. The summed E-state index contributed by atoms with van der Waals surface area (Å²) < 4.78 is 2.14. The van der Waals surface area contributed by atoms with Crippen LogP contribution in [0.3, 0.4) is 0 Å². The van der Waals surface area contributed by atoms with Crippen molar-refractivity contribution < 1.29 is 0 Å². The average molecular weight is 380 g/mol. The number of hydrogen-bond donors (Lipinski definition) is 0. The molecule has 1 aromatic heterocycles. The zero-order valence-corrected chi connectivity index (χ0v) is 11.9. The van der Waals surface area contributed by atoms with Crippen LogP contribution >= 0.6 is 47.8 Å². The third-order valence-electron chi connectivity index (χ3n) is 2.00. The average Bonchev–Trinajstić information content (AvgIpc) is 2.23. The summed E-state index contributed by atoms with van der Waals surface area (Å²) in [5.41, 5.74) is 2.19. The smallest absolute Gasteiger partial charge is 0.0858 e. The minimum atomic E-state index is 0.818. The van der Waals surface area contributed by atoms with Crippen LogP contribution in [0, 0.1) is 0 Å². The molecular formula is C10H6Br3N. The molecule has 0 aliphatic carbocycles. The number of hydrogen-bond acceptors (Lipinski definition) is 1. The second-order valence-corrected chi connectivity index (χ2v) is 5.07. The third-order valence-corrected chi connectivity index (χ3v) is 4.14. The molecule has 0 fully saturated rings. The monoisotopic (exact) mass is 377 g/mol. The predicted molar refractivity (Wildman–Crippen MR) is 69.8 cm³/mol. The first-order valence-electron chi connectivity index (χ1n) is 4.01. The van der Waals surface area contributed by atoms with E-state index in [2.05, 4.69) is 64.9 Å². The molecule has 14 heavy (non-hydrogen) atoms. The van der Waals surface area contributed by atoms with E-state index in [-0.39, 0.29) is 0 Å². The van der Waals surface area contributed by atoms with Crippen LogP contribution in [0.1, 0.15) is 5.56 Å². The number of aromatic nitrogens is 1. The summed E-state index contributed by atoms with van der Waals surface area (Å²) in [4.78, 5) is 4.35. The fourth-order valence-corrected chi connectivity index (χ4v) is 3.30. The minimum Gasteiger partial charge on any atom is -0.255 e. The van der Waals surface area contributed by atoms with Gasteiger partial charge in [-0.1, -0.05) is 37.9 Å². The molecule has 1 aromatic carbocycles. The highest BCUT2D eigenvalue weighted by molar-refractivity contribution is 9.11. The Morgan fingerprint density at radius 2 is 2.07 bits per heavy atom. The van der Waals surface area contributed by atoms with Gasteiger partial charge in [0.2, 0.25) is 0 Å². The standard InChI is InChI=1S/C10H6Br3N/c11-5-6-4-8(12)7-2-1-3-14-10(7)9(6)13/h1-4H,5H2. The van der Waals surface area contributed by atoms with Crippen LogP contribution in [-0.4, -0.2) is 4.98 Å². The largest absolute Gasteiger partial charge is 0.255 e. The Bertz CT molecular complexity index is 482. The van der Waals surface area contributed by atoms with Crippen molar-refractivity contribution in [1.29, 1.82) is 0 Å². The molecule has 0 aliphatic heterocycles. The van der Waals surface area contributed by atoms with Gasteiger partial charge in [0.25, 0.3) is 0 Å². The maximum atomic E-state index is 4.35. The van der Waals surface area contributed by atoms with E-state index in [1.807, 2.05) is 6.07 Å². The van der Waals surface area contributed by atoms with Crippen LogP contribution in [0.2, 0.25) is 0 Å². The summed E-state index contributed by atoms with van der Waals surface area (Å²) in [6.07, 6.45) is 1.80. The van der Waals surface area contributed by atoms with E-state index in [0.29, 0.717) is 0 Å². The van der Waals surface area contributed by atoms with Gasteiger partial charge in [-0.05, 0) is 33.6 Å². The lowest BCUT2D eigenvalue weighted by Gasteiger charge is -2.06. The molecule has 0 aliphatic rings. The van der Waals surface area contributed by atoms with Crippen molar-refractivity contribution in [3.63, 3.8) is 0 Å². The highest BCUT2D eigenvalue weighted by atomic mass is 79.9. The minimum absolute atomic E-state index is 0.818. The second-order valence-electron chi connectivity index (χ2n) is 2.86. The van der Waals surface area contributed by atoms with Crippen LogP contribution in [0.15, 0.2) is 33.3 Å². The molecule has 72 valence electrons. The Morgan fingerprint density at radius 1 is 1.29 bits per heavy atom. The maximum absolute atomic E-state index is 4.35. The highest BCUT2D eigenvalue weighted by Gasteiger charge is 2.08. The van der Waals surface area contributed by atoms with E-state index >= 15 is 0 Å². The van der Waals surface area contributed by atoms with E-state index in [1.165, 1.54) is 5.56 Å². The number of benzene rings is 1. The SMILES string of the molecule is BrCc1cc(Br)c2cccnc2c1Br. The summed E-state index contributed by atoms with van der Waals surface area (Å²) in [5.74, 6) is 0. The van der Waals surface area contributed by atoms with Gasteiger partial charge in [-0.3, -0.25) is 4.98 Å². The second kappa shape index (κ2) is 4.29. The van der Waals surface area contributed by atoms with Crippen LogP contribution in [-0.2, 0) is 5.33 Å². The van der Waals surface area contributed by atoms with Gasteiger partial charge in [-0.25, -0.2) is 0 Å². The van der Waals surface area contributed by atoms with Gasteiger partial charge in [0, 0.05) is 25.9 Å². The molecule has 2 rings (SSSR count). The Balaban J connectivity index is 2.87. The van der Waals surface area contributed by atoms with Crippen molar-refractivity contribution in [2.75, 3.05) is 0 Å². The van der Waals surface area contributed by atoms with Crippen LogP contribution in [0.4, 0.5) is 0 Å². The van der Waals surface area contributed by atoms with Gasteiger partial charge in [-0.15, -0.1) is 0 Å². The summed E-state index contributed by atoms with van der Waals surface area (Å²) in [6.45, 7) is 0. The van der Waals surface area contributed by atoms with Crippen molar-refractivity contribution in [2.45, 2.75) is 5.33 Å². The molecule has 1 nitrogen and oxygen atoms in total. The lowest BCUT2D eigenvalue weighted by atomic mass is 10.1. The van der Waals surface area contributed by atoms with Crippen LogP contribution in [0.5, 0.6) is 0 Å². The normalized spacial score (nSPS) is 10.8. The molecular weight excluding hydrogens is 374 g/mol. The number of pyridine rings is 1. The summed E-state index contributed by atoms with van der Waals surface area (Å²) >= 11 is 10.6. The zero-order chi connectivity index (χ0) is 10.1. The van der Waals surface area contributed by atoms with Gasteiger partial charge in [-0.2, -0.15) is 0 Å². The summed E-state index contributed by atoms with van der Waals surface area (Å²) in [7, 11) is 0. The number of nitrogens with zero attached hydrogens (tertiary/aromatic N) is 1. The molecule has 4 heteroatoms. The quantitative estimate of drug-likeness (QED) is 0.657. The first kappa shape index (κ1) is 10.6. The van der Waals surface area contributed by atoms with E-state index < -0.39 is 0 Å². The number of fused-ring (bicyclic) bond motifs is 1. The molecule has 0 saturated heterocycles. The molecule has 0 radical (unpaired) electrons. The highest BCUT2D eigenvalue weighted by Crippen LogP contribution is 2.33. The number of alkyl halides is 1. The molecule has 1 heterocycles. The molecule has 0 amide bonds. The van der Waals surface area contributed by atoms with Crippen molar-refractivity contribution in [1.82, 2.24) is 4.98 Å². The van der Waals surface area contributed by atoms with E-state index in [0.717, 1.165) is 25.2 Å². The number of halogens is 3. The lowest BCUT2D eigenvalue weighted by molar-refractivity contribution is 1.35. The fourth-order valence-electron chi connectivity index (χ4n) is 1.32. The molecule has 0 bridgehead atoms. The van der Waals surface area contributed by atoms with Crippen LogP contribution in [0.25, 0.3) is 10.9 Å². The molecule has 0 unspecified atom stereocenters. The van der Waals surface area contributed by atoms with Gasteiger partial charge in [0.1, 0.15) is 0 Å². The Labute approximate surface area is 107 Å². The van der Waals surface area contributed by atoms with Crippen LogP contribution < -0.4 is 0 Å². The van der Waals surface area contributed by atoms with E-state index in [9.17, 15) is 0 Å². The third kappa shape index (κ3) is 1.75. The van der Waals surface area contributed by atoms with Gasteiger partial charge in [0.05, 0.1) is 5.52 Å². The molecule has 0 spiro atoms. The topological polar surface area (TPSA) is 12.9 Å². The Hall–Kier alpha value is 0.0700. The first-order valence-corrected chi connectivity index (χ1v) is 6.72. The van der Waals surface area contributed by atoms with Gasteiger partial charge >= 0.3 is 0 Å². The predicted octanol–water partition coefficient (Wildman–Crippen LogP) is 4.65. The molecule has 0 atom stereocenters. The van der Waals surface area contributed by atoms with Gasteiger partial charge < -0.3 is 0 Å². The van der Waals surface area contributed by atoms with Crippen molar-refractivity contribution in [3.8, 4) is 0 Å². The number of rotatable bonds is 1. The van der Waals surface area contributed by atoms with Crippen molar-refractivity contribution in [2.24, 2.45) is 0 Å².